The van der Waals surface area contributed by atoms with Gasteiger partial charge in [-0.1, -0.05) is 30.0 Å². The molecule has 100 valence electrons. The Bertz CT molecular complexity index is 593. The third-order valence-corrected chi connectivity index (χ3v) is 4.23. The lowest BCUT2D eigenvalue weighted by atomic mass is 10.1. The average Bonchev–Trinajstić information content (AvgIpc) is 2.33. The van der Waals surface area contributed by atoms with E-state index in [4.69, 9.17) is 0 Å². The molecule has 0 bridgehead atoms. The molecule has 0 spiro atoms. The molecule has 3 heteroatoms. The molecule has 0 fully saturated rings. The van der Waals surface area contributed by atoms with Gasteiger partial charge in [0.1, 0.15) is 5.82 Å². The molecule has 2 aromatic carbocycles. The van der Waals surface area contributed by atoms with Crippen LogP contribution in [0.1, 0.15) is 29.7 Å². The van der Waals surface area contributed by atoms with Crippen molar-refractivity contribution in [2.24, 2.45) is 0 Å². The summed E-state index contributed by atoms with van der Waals surface area (Å²) in [5, 5.41) is 9.73. The largest absolute Gasteiger partial charge is 0.389 e. The summed E-state index contributed by atoms with van der Waals surface area (Å²) in [6.07, 6.45) is -0.811. The number of hydrogen-bond acceptors (Lipinski definition) is 2. The van der Waals surface area contributed by atoms with Crippen molar-refractivity contribution in [1.29, 1.82) is 0 Å². The molecule has 0 saturated heterocycles. The molecule has 1 atom stereocenters. The quantitative estimate of drug-likeness (QED) is 0.880. The molecule has 0 radical (unpaired) electrons. The van der Waals surface area contributed by atoms with Crippen LogP contribution in [0.25, 0.3) is 0 Å². The van der Waals surface area contributed by atoms with E-state index >= 15 is 0 Å². The third-order valence-electron chi connectivity index (χ3n) is 2.99. The standard InChI is InChI=1S/C16H17FOS/c1-10-7-8-11(2)15(9-10)19-14-6-4-5-13(17)16(14)12(3)18/h4-9,12,18H,1-3H3. The molecule has 2 rings (SSSR count). The Kier molecular flexibility index (Phi) is 4.27. The van der Waals surface area contributed by atoms with Gasteiger partial charge in [-0.05, 0) is 50.1 Å². The summed E-state index contributed by atoms with van der Waals surface area (Å²) in [6, 6.07) is 11.1. The molecule has 0 amide bonds. The maximum atomic E-state index is 13.8. The number of rotatable bonds is 3. The summed E-state index contributed by atoms with van der Waals surface area (Å²) in [6.45, 7) is 5.65. The molecule has 0 aliphatic heterocycles. The van der Waals surface area contributed by atoms with E-state index in [0.717, 1.165) is 15.4 Å². The molecule has 0 saturated carbocycles. The minimum atomic E-state index is -0.811. The Morgan fingerprint density at radius 1 is 1.11 bits per heavy atom. The monoisotopic (exact) mass is 276 g/mol. The van der Waals surface area contributed by atoms with E-state index in [-0.39, 0.29) is 5.82 Å². The lowest BCUT2D eigenvalue weighted by molar-refractivity contribution is 0.191. The number of aliphatic hydroxyl groups excluding tert-OH is 1. The minimum absolute atomic E-state index is 0.356. The summed E-state index contributed by atoms with van der Waals surface area (Å²) >= 11 is 1.50. The molecule has 0 heterocycles. The van der Waals surface area contributed by atoms with Crippen LogP contribution in [0.2, 0.25) is 0 Å². The highest BCUT2D eigenvalue weighted by molar-refractivity contribution is 7.99. The van der Waals surface area contributed by atoms with Crippen molar-refractivity contribution in [2.75, 3.05) is 0 Å². The maximum Gasteiger partial charge on any atom is 0.130 e. The van der Waals surface area contributed by atoms with Gasteiger partial charge in [-0.2, -0.15) is 0 Å². The van der Waals surface area contributed by atoms with Crippen LogP contribution in [-0.2, 0) is 0 Å². The molecule has 1 nitrogen and oxygen atoms in total. The van der Waals surface area contributed by atoms with Crippen LogP contribution in [0.3, 0.4) is 0 Å². The van der Waals surface area contributed by atoms with Gasteiger partial charge in [0.05, 0.1) is 6.10 Å². The molecule has 0 aliphatic carbocycles. The summed E-state index contributed by atoms with van der Waals surface area (Å²) in [7, 11) is 0. The van der Waals surface area contributed by atoms with Crippen molar-refractivity contribution in [3.63, 3.8) is 0 Å². The second-order valence-electron chi connectivity index (χ2n) is 4.70. The molecule has 1 N–H and O–H groups in total. The van der Waals surface area contributed by atoms with Crippen molar-refractivity contribution in [3.05, 3.63) is 58.9 Å². The smallest absolute Gasteiger partial charge is 0.130 e. The van der Waals surface area contributed by atoms with Crippen LogP contribution in [-0.4, -0.2) is 5.11 Å². The number of hydrogen-bond donors (Lipinski definition) is 1. The molecular weight excluding hydrogens is 259 g/mol. The molecule has 0 aliphatic rings. The van der Waals surface area contributed by atoms with Crippen LogP contribution in [0.15, 0.2) is 46.2 Å². The predicted octanol–water partition coefficient (Wildman–Crippen LogP) is 4.65. The van der Waals surface area contributed by atoms with Gasteiger partial charge in [0, 0.05) is 15.4 Å². The fraction of sp³-hybridized carbons (Fsp3) is 0.250. The Morgan fingerprint density at radius 2 is 1.84 bits per heavy atom. The van der Waals surface area contributed by atoms with Crippen LogP contribution < -0.4 is 0 Å². The van der Waals surface area contributed by atoms with Crippen LogP contribution >= 0.6 is 11.8 Å². The van der Waals surface area contributed by atoms with E-state index in [2.05, 4.69) is 18.2 Å². The number of aliphatic hydroxyl groups is 1. The van der Waals surface area contributed by atoms with Crippen molar-refractivity contribution in [3.8, 4) is 0 Å². The van der Waals surface area contributed by atoms with Gasteiger partial charge in [0.15, 0.2) is 0 Å². The van der Waals surface area contributed by atoms with Crippen LogP contribution in [0.5, 0.6) is 0 Å². The Morgan fingerprint density at radius 3 is 2.53 bits per heavy atom. The highest BCUT2D eigenvalue weighted by atomic mass is 32.2. The van der Waals surface area contributed by atoms with E-state index in [1.165, 1.54) is 23.4 Å². The fourth-order valence-electron chi connectivity index (χ4n) is 1.95. The van der Waals surface area contributed by atoms with Gasteiger partial charge < -0.3 is 5.11 Å². The summed E-state index contributed by atoms with van der Waals surface area (Å²) in [4.78, 5) is 1.86. The second kappa shape index (κ2) is 5.76. The topological polar surface area (TPSA) is 20.2 Å². The fourth-order valence-corrected chi connectivity index (χ4v) is 3.18. The number of benzene rings is 2. The first kappa shape index (κ1) is 14.1. The Balaban J connectivity index is 2.44. The van der Waals surface area contributed by atoms with Crippen molar-refractivity contribution in [2.45, 2.75) is 36.7 Å². The third kappa shape index (κ3) is 3.17. The molecule has 0 aromatic heterocycles. The van der Waals surface area contributed by atoms with Gasteiger partial charge in [-0.25, -0.2) is 4.39 Å². The first-order valence-electron chi connectivity index (χ1n) is 6.20. The first-order valence-corrected chi connectivity index (χ1v) is 7.02. The Hall–Kier alpha value is -1.32. The molecule has 19 heavy (non-hydrogen) atoms. The highest BCUT2D eigenvalue weighted by Gasteiger charge is 2.15. The zero-order valence-corrected chi connectivity index (χ0v) is 12.1. The highest BCUT2D eigenvalue weighted by Crippen LogP contribution is 2.36. The van der Waals surface area contributed by atoms with E-state index in [9.17, 15) is 9.50 Å². The summed E-state index contributed by atoms with van der Waals surface area (Å²) < 4.78 is 13.8. The maximum absolute atomic E-state index is 13.8. The molecule has 2 aromatic rings. The number of aryl methyl sites for hydroxylation is 2. The van der Waals surface area contributed by atoms with Crippen LogP contribution in [0.4, 0.5) is 4.39 Å². The van der Waals surface area contributed by atoms with Gasteiger partial charge in [-0.3, -0.25) is 0 Å². The van der Waals surface area contributed by atoms with E-state index < -0.39 is 6.10 Å². The zero-order chi connectivity index (χ0) is 14.0. The van der Waals surface area contributed by atoms with Gasteiger partial charge in [-0.15, -0.1) is 0 Å². The van der Waals surface area contributed by atoms with E-state index in [1.54, 1.807) is 13.0 Å². The lowest BCUT2D eigenvalue weighted by Gasteiger charge is -2.14. The molecular formula is C16H17FOS. The predicted molar refractivity (Wildman–Crippen MR) is 77.1 cm³/mol. The number of halogens is 1. The zero-order valence-electron chi connectivity index (χ0n) is 11.3. The van der Waals surface area contributed by atoms with Crippen molar-refractivity contribution in [1.82, 2.24) is 0 Å². The van der Waals surface area contributed by atoms with E-state index in [0.29, 0.717) is 5.56 Å². The van der Waals surface area contributed by atoms with Crippen molar-refractivity contribution >= 4 is 11.8 Å². The van der Waals surface area contributed by atoms with Gasteiger partial charge >= 0.3 is 0 Å². The Labute approximate surface area is 117 Å². The van der Waals surface area contributed by atoms with Gasteiger partial charge in [0.2, 0.25) is 0 Å². The average molecular weight is 276 g/mol. The minimum Gasteiger partial charge on any atom is -0.389 e. The van der Waals surface area contributed by atoms with Crippen molar-refractivity contribution < 1.29 is 9.50 Å². The second-order valence-corrected chi connectivity index (χ2v) is 5.78. The summed E-state index contributed by atoms with van der Waals surface area (Å²) in [5.41, 5.74) is 2.69. The first-order chi connectivity index (χ1) is 8.99. The van der Waals surface area contributed by atoms with Gasteiger partial charge in [0.25, 0.3) is 0 Å². The normalized spacial score (nSPS) is 12.5. The molecule has 1 unspecified atom stereocenters. The van der Waals surface area contributed by atoms with Crippen LogP contribution in [0, 0.1) is 19.7 Å². The van der Waals surface area contributed by atoms with E-state index in [1.807, 2.05) is 19.9 Å². The lowest BCUT2D eigenvalue weighted by Crippen LogP contribution is -1.98. The summed E-state index contributed by atoms with van der Waals surface area (Å²) in [5.74, 6) is -0.356. The SMILES string of the molecule is Cc1ccc(C)c(Sc2cccc(F)c2C(C)O)c1.